The minimum absolute atomic E-state index is 0.497. The third kappa shape index (κ3) is 4.85. The van der Waals surface area contributed by atoms with Crippen molar-refractivity contribution in [2.75, 3.05) is 11.5 Å². The molecule has 0 spiro atoms. The van der Waals surface area contributed by atoms with E-state index in [1.807, 2.05) is 42.5 Å². The number of anilines is 2. The molecule has 0 saturated carbocycles. The molecule has 0 aliphatic heterocycles. The highest BCUT2D eigenvalue weighted by Crippen LogP contribution is 2.27. The number of fused-ring (bicyclic) bond motifs is 1. The van der Waals surface area contributed by atoms with Crippen molar-refractivity contribution in [3.63, 3.8) is 0 Å². The van der Waals surface area contributed by atoms with Crippen molar-refractivity contribution in [2.24, 2.45) is 0 Å². The first-order valence-electron chi connectivity index (χ1n) is 10.6. The molecular formula is C29H21N5. The molecule has 4 N–H and O–H groups in total. The Morgan fingerprint density at radius 3 is 1.71 bits per heavy atom. The molecule has 5 nitrogen and oxygen atoms in total. The summed E-state index contributed by atoms with van der Waals surface area (Å²) >= 11 is 0. The van der Waals surface area contributed by atoms with Crippen molar-refractivity contribution < 1.29 is 0 Å². The molecular weight excluding hydrogens is 418 g/mol. The Kier molecular flexibility index (Phi) is 6.49. The van der Waals surface area contributed by atoms with Crippen LogP contribution in [0.5, 0.6) is 0 Å². The Labute approximate surface area is 198 Å². The summed E-state index contributed by atoms with van der Waals surface area (Å²) in [5.41, 5.74) is 17.5. The fraction of sp³-hybridized carbons (Fsp3) is 0. The number of nitrogen functional groups attached to an aromatic ring is 2. The smallest absolute Gasteiger partial charge is 0.101 e. The lowest BCUT2D eigenvalue weighted by Gasteiger charge is -2.06. The minimum atomic E-state index is 0.497. The van der Waals surface area contributed by atoms with Crippen LogP contribution in [0.4, 0.5) is 11.4 Å². The number of rotatable bonds is 2. The highest BCUT2D eigenvalue weighted by molar-refractivity contribution is 5.87. The van der Waals surface area contributed by atoms with Crippen LogP contribution in [0.2, 0.25) is 0 Å². The van der Waals surface area contributed by atoms with Crippen molar-refractivity contribution >= 4 is 22.1 Å². The quantitative estimate of drug-likeness (QED) is 0.320. The molecule has 0 radical (unpaired) electrons. The maximum atomic E-state index is 9.03. The monoisotopic (exact) mass is 439 g/mol. The summed E-state index contributed by atoms with van der Waals surface area (Å²) in [5, 5.41) is 20.3. The number of pyridine rings is 1. The summed E-state index contributed by atoms with van der Waals surface area (Å²) in [6, 6.07) is 33.4. The highest BCUT2D eigenvalue weighted by Gasteiger charge is 2.04. The lowest BCUT2D eigenvalue weighted by Crippen LogP contribution is -1.90. The van der Waals surface area contributed by atoms with Crippen LogP contribution < -0.4 is 11.5 Å². The Bertz CT molecular complexity index is 1540. The Balaban J connectivity index is 0.000000166. The van der Waals surface area contributed by atoms with Gasteiger partial charge in [-0.1, -0.05) is 54.6 Å². The number of hydrogen-bond donors (Lipinski definition) is 2. The number of nitrogens with two attached hydrogens (primary N) is 2. The molecule has 0 saturated heterocycles. The van der Waals surface area contributed by atoms with Crippen LogP contribution in [0.3, 0.4) is 0 Å². The Morgan fingerprint density at radius 2 is 1.12 bits per heavy atom. The Morgan fingerprint density at radius 1 is 0.559 bits per heavy atom. The topological polar surface area (TPSA) is 113 Å². The van der Waals surface area contributed by atoms with Gasteiger partial charge < -0.3 is 11.5 Å². The van der Waals surface area contributed by atoms with Gasteiger partial charge in [0.05, 0.1) is 11.1 Å². The number of benzene rings is 4. The molecule has 5 heteroatoms. The molecule has 0 fully saturated rings. The molecule has 34 heavy (non-hydrogen) atoms. The van der Waals surface area contributed by atoms with Gasteiger partial charge in [0.15, 0.2) is 0 Å². The van der Waals surface area contributed by atoms with E-state index in [4.69, 9.17) is 22.0 Å². The van der Waals surface area contributed by atoms with Gasteiger partial charge in [0.1, 0.15) is 12.1 Å². The summed E-state index contributed by atoms with van der Waals surface area (Å²) in [5.74, 6) is 0. The average molecular weight is 440 g/mol. The maximum absolute atomic E-state index is 9.03. The van der Waals surface area contributed by atoms with Gasteiger partial charge in [0, 0.05) is 29.3 Å². The van der Waals surface area contributed by atoms with Crippen LogP contribution in [0.25, 0.3) is 33.0 Å². The summed E-state index contributed by atoms with van der Waals surface area (Å²) in [6.07, 6.45) is 3.47. The van der Waals surface area contributed by atoms with Gasteiger partial charge in [-0.3, -0.25) is 4.98 Å². The van der Waals surface area contributed by atoms with E-state index >= 15 is 0 Å². The molecule has 0 amide bonds. The van der Waals surface area contributed by atoms with Crippen molar-refractivity contribution in [2.45, 2.75) is 0 Å². The van der Waals surface area contributed by atoms with E-state index in [0.717, 1.165) is 22.3 Å². The van der Waals surface area contributed by atoms with E-state index in [-0.39, 0.29) is 0 Å². The number of nitrogens with zero attached hydrogens (tertiary/aromatic N) is 3. The van der Waals surface area contributed by atoms with Gasteiger partial charge in [0.2, 0.25) is 0 Å². The van der Waals surface area contributed by atoms with Crippen LogP contribution in [-0.2, 0) is 0 Å². The third-order valence-corrected chi connectivity index (χ3v) is 5.43. The molecule has 0 atom stereocenters. The van der Waals surface area contributed by atoms with Crippen LogP contribution in [-0.4, -0.2) is 4.98 Å². The molecule has 4 aromatic carbocycles. The van der Waals surface area contributed by atoms with Crippen LogP contribution in [0.1, 0.15) is 11.1 Å². The average Bonchev–Trinajstić information content (AvgIpc) is 2.90. The number of aromatic nitrogens is 1. The van der Waals surface area contributed by atoms with Gasteiger partial charge in [-0.2, -0.15) is 10.5 Å². The van der Waals surface area contributed by atoms with E-state index in [9.17, 15) is 0 Å². The Hall–Kier alpha value is -5.13. The van der Waals surface area contributed by atoms with Crippen LogP contribution in [0.15, 0.2) is 103 Å². The molecule has 0 aliphatic carbocycles. The molecule has 5 aromatic rings. The fourth-order valence-electron chi connectivity index (χ4n) is 3.57. The highest BCUT2D eigenvalue weighted by atomic mass is 14.6. The molecule has 5 rings (SSSR count). The lowest BCUT2D eigenvalue weighted by molar-refractivity contribution is 1.33. The zero-order valence-electron chi connectivity index (χ0n) is 18.3. The van der Waals surface area contributed by atoms with Crippen LogP contribution >= 0.6 is 0 Å². The number of hydrogen-bond acceptors (Lipinski definition) is 5. The standard InChI is InChI=1S/C17H12N2.C12H9N3/c18-11-16-10-15(7-8-17(16)19)14-6-5-12-3-1-2-4-13(12)9-14;13-7-11-6-9(3-4-12(11)14)10-2-1-5-15-8-10/h1-10H,19H2;1-6,8H,14H2. The summed E-state index contributed by atoms with van der Waals surface area (Å²) in [6.45, 7) is 0. The maximum Gasteiger partial charge on any atom is 0.101 e. The SMILES string of the molecule is N#Cc1cc(-c2ccc3ccccc3c2)ccc1N.N#Cc1cc(-c2cccnc2)ccc1N. The minimum Gasteiger partial charge on any atom is -0.398 e. The summed E-state index contributed by atoms with van der Waals surface area (Å²) in [4.78, 5) is 4.02. The van der Waals surface area contributed by atoms with E-state index in [1.165, 1.54) is 10.8 Å². The summed E-state index contributed by atoms with van der Waals surface area (Å²) < 4.78 is 0. The molecule has 1 aromatic heterocycles. The first-order valence-corrected chi connectivity index (χ1v) is 10.6. The second-order valence-electron chi connectivity index (χ2n) is 7.63. The van der Waals surface area contributed by atoms with Crippen molar-refractivity contribution in [3.8, 4) is 34.4 Å². The van der Waals surface area contributed by atoms with Crippen molar-refractivity contribution in [1.82, 2.24) is 4.98 Å². The van der Waals surface area contributed by atoms with E-state index < -0.39 is 0 Å². The van der Waals surface area contributed by atoms with Crippen molar-refractivity contribution in [1.29, 1.82) is 10.5 Å². The fourth-order valence-corrected chi connectivity index (χ4v) is 3.57. The van der Waals surface area contributed by atoms with Gasteiger partial charge in [-0.15, -0.1) is 0 Å². The van der Waals surface area contributed by atoms with E-state index in [1.54, 1.807) is 30.6 Å². The molecule has 0 unspecified atom stereocenters. The lowest BCUT2D eigenvalue weighted by atomic mass is 9.99. The summed E-state index contributed by atoms with van der Waals surface area (Å²) in [7, 11) is 0. The first kappa shape index (κ1) is 22.1. The second-order valence-corrected chi connectivity index (χ2v) is 7.63. The normalized spacial score (nSPS) is 9.94. The first-order chi connectivity index (χ1) is 16.6. The van der Waals surface area contributed by atoms with Gasteiger partial charge in [0.25, 0.3) is 0 Å². The molecule has 162 valence electrons. The predicted octanol–water partition coefficient (Wildman–Crippen LogP) is 6.16. The van der Waals surface area contributed by atoms with Gasteiger partial charge >= 0.3 is 0 Å². The molecule has 1 heterocycles. The van der Waals surface area contributed by atoms with E-state index in [0.29, 0.717) is 22.5 Å². The zero-order chi connectivity index (χ0) is 23.9. The second kappa shape index (κ2) is 9.99. The van der Waals surface area contributed by atoms with E-state index in [2.05, 4.69) is 47.5 Å². The van der Waals surface area contributed by atoms with Gasteiger partial charge in [-0.25, -0.2) is 0 Å². The van der Waals surface area contributed by atoms with Gasteiger partial charge in [-0.05, 0) is 63.9 Å². The van der Waals surface area contributed by atoms with Crippen molar-refractivity contribution in [3.05, 3.63) is 115 Å². The number of nitriles is 2. The largest absolute Gasteiger partial charge is 0.398 e. The third-order valence-electron chi connectivity index (χ3n) is 5.43. The van der Waals surface area contributed by atoms with Crippen LogP contribution in [0, 0.1) is 22.7 Å². The molecule has 0 bridgehead atoms. The molecule has 0 aliphatic rings. The predicted molar refractivity (Wildman–Crippen MR) is 137 cm³/mol. The zero-order valence-corrected chi connectivity index (χ0v) is 18.3.